The van der Waals surface area contributed by atoms with Gasteiger partial charge in [-0.05, 0) is 19.8 Å². The molecule has 0 heterocycles. The summed E-state index contributed by atoms with van der Waals surface area (Å²) in [6, 6.07) is 0.121. The molecule has 0 aliphatic heterocycles. The Balaban J connectivity index is 2.21. The Kier molecular flexibility index (Phi) is 5.53. The summed E-state index contributed by atoms with van der Waals surface area (Å²) in [7, 11) is 1.66. The zero-order chi connectivity index (χ0) is 11.3. The van der Waals surface area contributed by atoms with E-state index in [1.807, 2.05) is 0 Å². The number of hydrogen-bond donors (Lipinski definition) is 1. The van der Waals surface area contributed by atoms with Crippen molar-refractivity contribution in [2.45, 2.75) is 51.0 Å². The van der Waals surface area contributed by atoms with E-state index in [9.17, 15) is 0 Å². The van der Waals surface area contributed by atoms with Crippen LogP contribution in [0.4, 0.5) is 0 Å². The largest absolute Gasteiger partial charge is 0.382 e. The Hall–Kier alpha value is -0.160. The van der Waals surface area contributed by atoms with Crippen molar-refractivity contribution >= 4 is 0 Å². The van der Waals surface area contributed by atoms with Gasteiger partial charge in [-0.3, -0.25) is 0 Å². The van der Waals surface area contributed by atoms with Gasteiger partial charge in [0.2, 0.25) is 0 Å². The molecular formula is C11H23NO3. The van der Waals surface area contributed by atoms with Crippen molar-refractivity contribution in [3.05, 3.63) is 0 Å². The van der Waals surface area contributed by atoms with Crippen LogP contribution in [0.1, 0.15) is 26.7 Å². The quantitative estimate of drug-likeness (QED) is 0.645. The first-order valence-corrected chi connectivity index (χ1v) is 5.70. The first-order valence-electron chi connectivity index (χ1n) is 5.70. The van der Waals surface area contributed by atoms with Crippen LogP contribution in [0.25, 0.3) is 0 Å². The van der Waals surface area contributed by atoms with E-state index in [0.29, 0.717) is 13.2 Å². The van der Waals surface area contributed by atoms with Gasteiger partial charge in [0, 0.05) is 13.2 Å². The molecule has 1 aliphatic carbocycles. The van der Waals surface area contributed by atoms with Crippen molar-refractivity contribution in [2.24, 2.45) is 5.73 Å². The average Bonchev–Trinajstić information content (AvgIpc) is 2.23. The molecular weight excluding hydrogens is 194 g/mol. The highest BCUT2D eigenvalue weighted by Crippen LogP contribution is 2.27. The van der Waals surface area contributed by atoms with Gasteiger partial charge in [0.1, 0.15) is 0 Å². The van der Waals surface area contributed by atoms with Crippen molar-refractivity contribution in [1.29, 1.82) is 0 Å². The molecule has 0 radical (unpaired) electrons. The molecule has 0 aromatic rings. The lowest BCUT2D eigenvalue weighted by Gasteiger charge is -2.42. The summed E-state index contributed by atoms with van der Waals surface area (Å²) in [5.41, 5.74) is 5.87. The maximum atomic E-state index is 5.87. The van der Waals surface area contributed by atoms with Crippen molar-refractivity contribution < 1.29 is 14.2 Å². The molecule has 1 aliphatic rings. The van der Waals surface area contributed by atoms with Crippen LogP contribution in [0.3, 0.4) is 0 Å². The maximum absolute atomic E-state index is 5.87. The van der Waals surface area contributed by atoms with E-state index >= 15 is 0 Å². The standard InChI is InChI=1S/C11H23NO3/c1-4-8(2)15-10-7-9(12)11(10)14-6-5-13-3/h8-11H,4-7,12H2,1-3H3. The van der Waals surface area contributed by atoms with E-state index in [1.165, 1.54) is 0 Å². The Bertz CT molecular complexity index is 177. The highest BCUT2D eigenvalue weighted by atomic mass is 16.6. The van der Waals surface area contributed by atoms with Gasteiger partial charge in [0.25, 0.3) is 0 Å². The third-order valence-electron chi connectivity index (χ3n) is 2.87. The van der Waals surface area contributed by atoms with Crippen molar-refractivity contribution in [1.82, 2.24) is 0 Å². The van der Waals surface area contributed by atoms with E-state index in [-0.39, 0.29) is 24.4 Å². The number of hydrogen-bond acceptors (Lipinski definition) is 4. The van der Waals surface area contributed by atoms with Gasteiger partial charge in [-0.25, -0.2) is 0 Å². The van der Waals surface area contributed by atoms with Gasteiger partial charge >= 0.3 is 0 Å². The van der Waals surface area contributed by atoms with Crippen LogP contribution < -0.4 is 5.73 Å². The summed E-state index contributed by atoms with van der Waals surface area (Å²) >= 11 is 0. The van der Waals surface area contributed by atoms with E-state index in [0.717, 1.165) is 12.8 Å². The highest BCUT2D eigenvalue weighted by molar-refractivity contribution is 4.95. The Morgan fingerprint density at radius 1 is 1.40 bits per heavy atom. The lowest BCUT2D eigenvalue weighted by atomic mass is 9.86. The number of nitrogens with two attached hydrogens (primary N) is 1. The molecule has 4 unspecified atom stereocenters. The fraction of sp³-hybridized carbons (Fsp3) is 1.00. The van der Waals surface area contributed by atoms with Crippen LogP contribution in [-0.4, -0.2) is 44.7 Å². The predicted octanol–water partition coefficient (Wildman–Crippen LogP) is 0.933. The Morgan fingerprint density at radius 2 is 2.13 bits per heavy atom. The number of rotatable bonds is 7. The van der Waals surface area contributed by atoms with Crippen LogP contribution in [0.2, 0.25) is 0 Å². The lowest BCUT2D eigenvalue weighted by Crippen LogP contribution is -2.59. The summed E-state index contributed by atoms with van der Waals surface area (Å²) in [4.78, 5) is 0. The van der Waals surface area contributed by atoms with Gasteiger partial charge in [-0.15, -0.1) is 0 Å². The Morgan fingerprint density at radius 3 is 2.67 bits per heavy atom. The first-order chi connectivity index (χ1) is 7.19. The first kappa shape index (κ1) is 12.9. The maximum Gasteiger partial charge on any atom is 0.0989 e. The molecule has 4 nitrogen and oxygen atoms in total. The second-order valence-electron chi connectivity index (χ2n) is 4.12. The van der Waals surface area contributed by atoms with Crippen LogP contribution in [0, 0.1) is 0 Å². The normalized spacial score (nSPS) is 32.4. The minimum atomic E-state index is 0.0501. The third kappa shape index (κ3) is 3.72. The molecule has 1 saturated carbocycles. The third-order valence-corrected chi connectivity index (χ3v) is 2.87. The molecule has 15 heavy (non-hydrogen) atoms. The van der Waals surface area contributed by atoms with Crippen LogP contribution in [0.15, 0.2) is 0 Å². The summed E-state index contributed by atoms with van der Waals surface area (Å²) in [5.74, 6) is 0. The van der Waals surface area contributed by atoms with Gasteiger partial charge in [0.15, 0.2) is 0 Å². The summed E-state index contributed by atoms with van der Waals surface area (Å²) in [6.45, 7) is 5.40. The average molecular weight is 217 g/mol. The van der Waals surface area contributed by atoms with Gasteiger partial charge in [-0.2, -0.15) is 0 Å². The lowest BCUT2D eigenvalue weighted by molar-refractivity contribution is -0.162. The topological polar surface area (TPSA) is 53.7 Å². The zero-order valence-electron chi connectivity index (χ0n) is 9.94. The number of methoxy groups -OCH3 is 1. The predicted molar refractivity (Wildman–Crippen MR) is 58.8 cm³/mol. The molecule has 1 rings (SSSR count). The summed E-state index contributed by atoms with van der Waals surface area (Å²) in [5, 5.41) is 0. The molecule has 0 amide bonds. The minimum Gasteiger partial charge on any atom is -0.382 e. The van der Waals surface area contributed by atoms with E-state index in [2.05, 4.69) is 13.8 Å². The molecule has 0 aromatic carbocycles. The van der Waals surface area contributed by atoms with Crippen LogP contribution in [-0.2, 0) is 14.2 Å². The molecule has 1 fully saturated rings. The zero-order valence-corrected chi connectivity index (χ0v) is 9.94. The van der Waals surface area contributed by atoms with E-state index in [1.54, 1.807) is 7.11 Å². The van der Waals surface area contributed by atoms with Crippen molar-refractivity contribution in [3.63, 3.8) is 0 Å². The molecule has 0 aromatic heterocycles. The number of ether oxygens (including phenoxy) is 3. The summed E-state index contributed by atoms with van der Waals surface area (Å²) in [6.07, 6.45) is 2.44. The molecule has 4 atom stereocenters. The molecule has 4 heteroatoms. The van der Waals surface area contributed by atoms with E-state index in [4.69, 9.17) is 19.9 Å². The molecule has 0 spiro atoms. The second kappa shape index (κ2) is 6.43. The smallest absolute Gasteiger partial charge is 0.0989 e. The van der Waals surface area contributed by atoms with Gasteiger partial charge in [0.05, 0.1) is 31.5 Å². The Labute approximate surface area is 92.1 Å². The molecule has 2 N–H and O–H groups in total. The highest BCUT2D eigenvalue weighted by Gasteiger charge is 2.41. The fourth-order valence-corrected chi connectivity index (χ4v) is 1.64. The van der Waals surface area contributed by atoms with E-state index < -0.39 is 0 Å². The summed E-state index contributed by atoms with van der Waals surface area (Å²) < 4.78 is 16.3. The van der Waals surface area contributed by atoms with Crippen LogP contribution >= 0.6 is 0 Å². The fourth-order valence-electron chi connectivity index (χ4n) is 1.64. The second-order valence-corrected chi connectivity index (χ2v) is 4.12. The van der Waals surface area contributed by atoms with Crippen molar-refractivity contribution in [2.75, 3.05) is 20.3 Å². The van der Waals surface area contributed by atoms with Gasteiger partial charge in [-0.1, -0.05) is 6.92 Å². The molecule has 0 bridgehead atoms. The molecule has 0 saturated heterocycles. The van der Waals surface area contributed by atoms with Crippen LogP contribution in [0.5, 0.6) is 0 Å². The molecule has 90 valence electrons. The van der Waals surface area contributed by atoms with Gasteiger partial charge < -0.3 is 19.9 Å². The monoisotopic (exact) mass is 217 g/mol. The minimum absolute atomic E-state index is 0.0501. The SMILES string of the molecule is CCC(C)OC1CC(N)C1OCCOC. The van der Waals surface area contributed by atoms with Crippen molar-refractivity contribution in [3.8, 4) is 0 Å².